The Balaban J connectivity index is 1.74. The van der Waals surface area contributed by atoms with Gasteiger partial charge in [-0.05, 0) is 59.2 Å². The van der Waals surface area contributed by atoms with E-state index >= 15 is 0 Å². The number of alkyl halides is 6. The molecule has 0 atom stereocenters. The first kappa shape index (κ1) is 24.9. The summed E-state index contributed by atoms with van der Waals surface area (Å²) < 4.78 is 80.6. The topological polar surface area (TPSA) is 84.2 Å². The van der Waals surface area contributed by atoms with Crippen molar-refractivity contribution in [3.05, 3.63) is 99.6 Å². The van der Waals surface area contributed by atoms with E-state index in [4.69, 9.17) is 5.21 Å². The van der Waals surface area contributed by atoms with Gasteiger partial charge in [-0.2, -0.15) is 26.3 Å². The molecule has 3 aromatic carbocycles. The summed E-state index contributed by atoms with van der Waals surface area (Å²) in [5.74, 6) is -0.835. The zero-order chi connectivity index (χ0) is 26.3. The fraction of sp³-hybridized carbons (Fsp3) is 0.125. The van der Waals surface area contributed by atoms with Gasteiger partial charge < -0.3 is 0 Å². The van der Waals surface area contributed by atoms with E-state index < -0.39 is 34.9 Å². The zero-order valence-corrected chi connectivity index (χ0v) is 18.0. The van der Waals surface area contributed by atoms with E-state index in [2.05, 4.69) is 4.98 Å². The third kappa shape index (κ3) is 5.08. The molecule has 0 aliphatic heterocycles. The van der Waals surface area contributed by atoms with E-state index in [1.54, 1.807) is 6.07 Å². The van der Waals surface area contributed by atoms with Crippen LogP contribution in [-0.2, 0) is 18.9 Å². The van der Waals surface area contributed by atoms with E-state index in [1.165, 1.54) is 52.8 Å². The molecule has 6 nitrogen and oxygen atoms in total. The van der Waals surface area contributed by atoms with Crippen LogP contribution < -0.4 is 11.0 Å². The third-order valence-corrected chi connectivity index (χ3v) is 5.39. The fourth-order valence-corrected chi connectivity index (χ4v) is 3.64. The number of amides is 1. The van der Waals surface area contributed by atoms with Crippen molar-refractivity contribution >= 4 is 16.8 Å². The number of carbonyl (C=O) groups excluding carboxylic acids is 1. The molecule has 36 heavy (non-hydrogen) atoms. The molecule has 4 aromatic rings. The Kier molecular flexibility index (Phi) is 6.31. The second-order valence-corrected chi connectivity index (χ2v) is 7.85. The van der Waals surface area contributed by atoms with E-state index in [1.807, 2.05) is 0 Å². The summed E-state index contributed by atoms with van der Waals surface area (Å²) >= 11 is 0. The first-order chi connectivity index (χ1) is 16.9. The molecule has 12 heteroatoms. The number of rotatable bonds is 4. The van der Waals surface area contributed by atoms with Gasteiger partial charge >= 0.3 is 12.4 Å². The molecule has 0 aliphatic rings. The lowest BCUT2D eigenvalue weighted by atomic mass is 9.97. The van der Waals surface area contributed by atoms with Crippen LogP contribution in [0, 0.1) is 0 Å². The van der Waals surface area contributed by atoms with Crippen LogP contribution in [0.25, 0.3) is 22.0 Å². The molecule has 1 amide bonds. The maximum Gasteiger partial charge on any atom is 0.416 e. The highest BCUT2D eigenvalue weighted by Gasteiger charge is 2.37. The summed E-state index contributed by atoms with van der Waals surface area (Å²) in [6.45, 7) is -0.100. The van der Waals surface area contributed by atoms with E-state index in [9.17, 15) is 35.9 Å². The quantitative estimate of drug-likeness (QED) is 0.224. The first-order valence-corrected chi connectivity index (χ1v) is 10.2. The highest BCUT2D eigenvalue weighted by molar-refractivity contribution is 5.97. The highest BCUT2D eigenvalue weighted by atomic mass is 19.4. The van der Waals surface area contributed by atoms with Crippen molar-refractivity contribution in [2.24, 2.45) is 0 Å². The molecule has 0 aliphatic carbocycles. The van der Waals surface area contributed by atoms with Gasteiger partial charge in [0.2, 0.25) is 0 Å². The van der Waals surface area contributed by atoms with Gasteiger partial charge in [0.05, 0.1) is 34.9 Å². The smallest absolute Gasteiger partial charge is 0.294 e. The Hall–Kier alpha value is -4.19. The van der Waals surface area contributed by atoms with E-state index in [-0.39, 0.29) is 40.2 Å². The Labute approximate surface area is 198 Å². The lowest BCUT2D eigenvalue weighted by Crippen LogP contribution is -2.23. The lowest BCUT2D eigenvalue weighted by Gasteiger charge is -2.15. The number of nitrogens with one attached hydrogen (secondary N) is 1. The maximum atomic E-state index is 13.2. The Morgan fingerprint density at radius 1 is 0.889 bits per heavy atom. The summed E-state index contributed by atoms with van der Waals surface area (Å²) in [4.78, 5) is 28.7. The van der Waals surface area contributed by atoms with Crippen molar-refractivity contribution in [2.45, 2.75) is 18.9 Å². The van der Waals surface area contributed by atoms with E-state index in [0.29, 0.717) is 17.7 Å². The average Bonchev–Trinajstić information content (AvgIpc) is 2.84. The average molecular weight is 507 g/mol. The number of hydrogen-bond acceptors (Lipinski definition) is 4. The molecule has 0 bridgehead atoms. The largest absolute Gasteiger partial charge is 0.416 e. The lowest BCUT2D eigenvalue weighted by molar-refractivity contribution is -0.143. The van der Waals surface area contributed by atoms with Crippen LogP contribution in [-0.4, -0.2) is 20.7 Å². The second-order valence-electron chi connectivity index (χ2n) is 7.85. The van der Waals surface area contributed by atoms with Crippen LogP contribution >= 0.6 is 0 Å². The molecule has 0 spiro atoms. The molecule has 186 valence electrons. The Bertz CT molecular complexity index is 1490. The minimum absolute atomic E-state index is 0.00802. The maximum absolute atomic E-state index is 13.2. The number of hydroxylamine groups is 1. The van der Waals surface area contributed by atoms with Gasteiger partial charge in [0.25, 0.3) is 11.5 Å². The van der Waals surface area contributed by atoms with Crippen LogP contribution in [0.5, 0.6) is 0 Å². The molecule has 0 saturated carbocycles. The molecule has 0 fully saturated rings. The van der Waals surface area contributed by atoms with Crippen molar-refractivity contribution in [2.75, 3.05) is 0 Å². The van der Waals surface area contributed by atoms with Crippen LogP contribution in [0.4, 0.5) is 26.3 Å². The van der Waals surface area contributed by atoms with Gasteiger partial charge in [0.1, 0.15) is 0 Å². The molecule has 1 aromatic heterocycles. The van der Waals surface area contributed by atoms with Gasteiger partial charge in [-0.3, -0.25) is 19.4 Å². The van der Waals surface area contributed by atoms with Gasteiger partial charge in [0, 0.05) is 5.56 Å². The van der Waals surface area contributed by atoms with Gasteiger partial charge in [-0.15, -0.1) is 0 Å². The number of carbonyl (C=O) groups is 1. The summed E-state index contributed by atoms with van der Waals surface area (Å²) in [6.07, 6.45) is -8.73. The Morgan fingerprint density at radius 3 is 2.17 bits per heavy atom. The Morgan fingerprint density at radius 2 is 1.56 bits per heavy atom. The van der Waals surface area contributed by atoms with Crippen LogP contribution in [0.1, 0.15) is 27.0 Å². The first-order valence-electron chi connectivity index (χ1n) is 10.2. The molecule has 0 radical (unpaired) electrons. The summed E-state index contributed by atoms with van der Waals surface area (Å²) in [6, 6.07) is 11.1. The van der Waals surface area contributed by atoms with Crippen LogP contribution in [0.15, 0.2) is 71.8 Å². The number of hydrogen-bond donors (Lipinski definition) is 2. The van der Waals surface area contributed by atoms with Crippen molar-refractivity contribution in [1.82, 2.24) is 15.0 Å². The number of nitrogens with zero attached hydrogens (tertiary/aromatic N) is 2. The fourth-order valence-electron chi connectivity index (χ4n) is 3.64. The number of halogens is 6. The van der Waals surface area contributed by atoms with Gasteiger partial charge in [0.15, 0.2) is 0 Å². The predicted octanol–water partition coefficient (Wildman–Crippen LogP) is 5.27. The molecule has 0 saturated heterocycles. The SMILES string of the molecule is O=C(NO)c1ccc2ncn(Cc3cccc(-c4cc(C(F)(F)F)cc(C(F)(F)F)c4)c3)c(=O)c2c1. The van der Waals surface area contributed by atoms with Crippen molar-refractivity contribution < 1.29 is 36.3 Å². The molecular weight excluding hydrogens is 492 g/mol. The standard InChI is InChI=1S/C24H15F6N3O3/c25-23(26,27)17-7-16(8-18(10-17)24(28,29)30)14-3-1-2-13(6-14)11-33-12-31-20-5-4-15(21(34)32-36)9-19(20)22(33)35/h1-10,12,36H,11H2,(H,32,34). The minimum Gasteiger partial charge on any atom is -0.294 e. The van der Waals surface area contributed by atoms with Crippen molar-refractivity contribution in [3.8, 4) is 11.1 Å². The normalized spacial score (nSPS) is 12.1. The number of benzene rings is 3. The molecule has 0 unspecified atom stereocenters. The third-order valence-electron chi connectivity index (χ3n) is 5.39. The number of fused-ring (bicyclic) bond motifs is 1. The van der Waals surface area contributed by atoms with Crippen LogP contribution in [0.2, 0.25) is 0 Å². The summed E-state index contributed by atoms with van der Waals surface area (Å²) in [7, 11) is 0. The minimum atomic E-state index is -4.98. The molecule has 2 N–H and O–H groups in total. The predicted molar refractivity (Wildman–Crippen MR) is 116 cm³/mol. The van der Waals surface area contributed by atoms with Crippen molar-refractivity contribution in [3.63, 3.8) is 0 Å². The summed E-state index contributed by atoms with van der Waals surface area (Å²) in [5.41, 5.74) is -1.46. The van der Waals surface area contributed by atoms with Crippen LogP contribution in [0.3, 0.4) is 0 Å². The van der Waals surface area contributed by atoms with Crippen molar-refractivity contribution in [1.29, 1.82) is 0 Å². The second kappa shape index (κ2) is 9.11. The number of aromatic nitrogens is 2. The van der Waals surface area contributed by atoms with Gasteiger partial charge in [-0.1, -0.05) is 18.2 Å². The summed E-state index contributed by atoms with van der Waals surface area (Å²) in [5, 5.41) is 8.87. The molecule has 1 heterocycles. The monoisotopic (exact) mass is 507 g/mol. The zero-order valence-electron chi connectivity index (χ0n) is 18.0. The highest BCUT2D eigenvalue weighted by Crippen LogP contribution is 2.38. The van der Waals surface area contributed by atoms with E-state index in [0.717, 1.165) is 0 Å². The molecular formula is C24H15F6N3O3. The molecule has 4 rings (SSSR count). The van der Waals surface area contributed by atoms with Gasteiger partial charge in [-0.25, -0.2) is 10.5 Å².